The Morgan fingerprint density at radius 3 is 1.59 bits per heavy atom. The third-order valence-electron chi connectivity index (χ3n) is 4.13. The largest absolute Gasteiger partial charge is 0.303 e. The first-order valence-electron chi connectivity index (χ1n) is 9.78. The highest BCUT2D eigenvalue weighted by Gasteiger charge is 2.09. The molecule has 7 nitrogen and oxygen atoms in total. The topological polar surface area (TPSA) is 103 Å². The van der Waals surface area contributed by atoms with Crippen LogP contribution in [-0.2, 0) is 4.79 Å². The van der Waals surface area contributed by atoms with E-state index in [0.717, 1.165) is 51.2 Å². The van der Waals surface area contributed by atoms with Crippen molar-refractivity contribution in [2.75, 3.05) is 0 Å². The number of aldehydes is 1. The monoisotopic (exact) mass is 380 g/mol. The van der Waals surface area contributed by atoms with Gasteiger partial charge in [-0.05, 0) is 44.3 Å². The zero-order valence-corrected chi connectivity index (χ0v) is 16.3. The fraction of sp³-hybridized carbons (Fsp3) is 0.650. The van der Waals surface area contributed by atoms with E-state index in [-0.39, 0.29) is 29.2 Å². The molecule has 0 rings (SSSR count). The number of nitrogens with zero attached hydrogens (tertiary/aromatic N) is 2. The second kappa shape index (κ2) is 17.1. The molecular weight excluding hydrogens is 348 g/mol. The van der Waals surface area contributed by atoms with Crippen LogP contribution in [0.1, 0.15) is 84.0 Å². The first-order valence-corrected chi connectivity index (χ1v) is 9.78. The van der Waals surface area contributed by atoms with E-state index >= 15 is 0 Å². The van der Waals surface area contributed by atoms with Gasteiger partial charge in [-0.2, -0.15) is 0 Å². The van der Waals surface area contributed by atoms with Gasteiger partial charge in [-0.1, -0.05) is 44.8 Å². The molecule has 0 aromatic heterocycles. The summed E-state index contributed by atoms with van der Waals surface area (Å²) >= 11 is 0. The summed E-state index contributed by atoms with van der Waals surface area (Å²) in [5, 5.41) is 22.1. The molecule has 0 saturated carbocycles. The van der Waals surface area contributed by atoms with Crippen molar-refractivity contribution in [3.05, 3.63) is 55.9 Å². The lowest BCUT2D eigenvalue weighted by Gasteiger charge is -1.98. The predicted octanol–water partition coefficient (Wildman–Crippen LogP) is 5.76. The lowest BCUT2D eigenvalue weighted by Crippen LogP contribution is -1.99. The highest BCUT2D eigenvalue weighted by Crippen LogP contribution is 2.12. The molecule has 0 aliphatic rings. The summed E-state index contributed by atoms with van der Waals surface area (Å²) in [6.45, 7) is 2.08. The Hall–Kier alpha value is -2.31. The molecular formula is C20H32N2O5. The Kier molecular flexibility index (Phi) is 15.7. The number of unbranched alkanes of at least 4 members (excludes halogenated alkanes) is 8. The molecule has 27 heavy (non-hydrogen) atoms. The van der Waals surface area contributed by atoms with Gasteiger partial charge in [0.2, 0.25) is 11.4 Å². The Bertz CT molecular complexity index is 538. The summed E-state index contributed by atoms with van der Waals surface area (Å²) in [4.78, 5) is 31.5. The fourth-order valence-corrected chi connectivity index (χ4v) is 2.53. The van der Waals surface area contributed by atoms with Gasteiger partial charge in [0.1, 0.15) is 6.29 Å². The summed E-state index contributed by atoms with van der Waals surface area (Å²) < 4.78 is 0. The minimum Gasteiger partial charge on any atom is -0.303 e. The Balaban J connectivity index is 4.36. The molecule has 7 heteroatoms. The van der Waals surface area contributed by atoms with Crippen molar-refractivity contribution in [3.8, 4) is 0 Å². The quantitative estimate of drug-likeness (QED) is 0.105. The maximum absolute atomic E-state index is 11.1. The Morgan fingerprint density at radius 1 is 0.741 bits per heavy atom. The zero-order chi connectivity index (χ0) is 20.3. The molecule has 152 valence electrons. The molecule has 0 aliphatic carbocycles. The number of hydrogen-bond donors (Lipinski definition) is 0. The Labute approximate surface area is 161 Å². The molecule has 0 aliphatic heterocycles. The van der Waals surface area contributed by atoms with Gasteiger partial charge in [0.15, 0.2) is 0 Å². The van der Waals surface area contributed by atoms with Crippen molar-refractivity contribution in [3.63, 3.8) is 0 Å². The summed E-state index contributed by atoms with van der Waals surface area (Å²) in [7, 11) is 0. The van der Waals surface area contributed by atoms with E-state index in [1.54, 1.807) is 24.3 Å². The highest BCUT2D eigenvalue weighted by atomic mass is 16.6. The van der Waals surface area contributed by atoms with E-state index in [1.807, 2.05) is 0 Å². The van der Waals surface area contributed by atoms with Gasteiger partial charge < -0.3 is 4.79 Å². The van der Waals surface area contributed by atoms with Crippen LogP contribution < -0.4 is 0 Å². The third kappa shape index (κ3) is 14.5. The molecule has 0 aromatic rings. The van der Waals surface area contributed by atoms with E-state index in [2.05, 4.69) is 6.92 Å². The number of rotatable bonds is 17. The van der Waals surface area contributed by atoms with Gasteiger partial charge in [0.05, 0.1) is 22.7 Å². The molecule has 0 spiro atoms. The third-order valence-corrected chi connectivity index (χ3v) is 4.13. The minimum absolute atomic E-state index is 0.119. The van der Waals surface area contributed by atoms with Gasteiger partial charge in [-0.3, -0.25) is 20.2 Å². The standard InChI is InChI=1S/C20H32N2O5/c1-2-3-4-9-14-19(21(24)25)16-11-12-17-20(22(26)27)15-10-7-5-6-8-13-18-23/h11-12,14-15,18H,2-10,13,16-17H2,1H3/b12-11+,19-14-,20-15-. The molecule has 0 bridgehead atoms. The average Bonchev–Trinajstić information content (AvgIpc) is 2.63. The molecule has 0 aromatic carbocycles. The van der Waals surface area contributed by atoms with Crippen LogP contribution in [0.25, 0.3) is 0 Å². The van der Waals surface area contributed by atoms with Crippen molar-refractivity contribution in [2.45, 2.75) is 84.0 Å². The first kappa shape index (κ1) is 24.7. The molecule has 0 N–H and O–H groups in total. The number of carbonyl (C=O) groups excluding carboxylic acids is 1. The van der Waals surface area contributed by atoms with Crippen LogP contribution in [0.5, 0.6) is 0 Å². The van der Waals surface area contributed by atoms with E-state index in [1.165, 1.54) is 0 Å². The van der Waals surface area contributed by atoms with E-state index in [9.17, 15) is 25.0 Å². The van der Waals surface area contributed by atoms with Gasteiger partial charge in [-0.15, -0.1) is 0 Å². The van der Waals surface area contributed by atoms with Gasteiger partial charge in [-0.25, -0.2) is 0 Å². The second-order valence-corrected chi connectivity index (χ2v) is 6.44. The van der Waals surface area contributed by atoms with Crippen molar-refractivity contribution in [2.24, 2.45) is 0 Å². The van der Waals surface area contributed by atoms with Gasteiger partial charge in [0.25, 0.3) is 0 Å². The van der Waals surface area contributed by atoms with E-state index in [4.69, 9.17) is 0 Å². The average molecular weight is 380 g/mol. The van der Waals surface area contributed by atoms with Crippen LogP contribution in [0, 0.1) is 20.2 Å². The van der Waals surface area contributed by atoms with Crippen LogP contribution in [0.2, 0.25) is 0 Å². The smallest absolute Gasteiger partial charge is 0.246 e. The molecule has 0 unspecified atom stereocenters. The fourth-order valence-electron chi connectivity index (χ4n) is 2.53. The van der Waals surface area contributed by atoms with Gasteiger partial charge >= 0.3 is 0 Å². The summed E-state index contributed by atoms with van der Waals surface area (Å²) in [6.07, 6.45) is 16.3. The second-order valence-electron chi connectivity index (χ2n) is 6.44. The predicted molar refractivity (Wildman–Crippen MR) is 106 cm³/mol. The van der Waals surface area contributed by atoms with Crippen LogP contribution >= 0.6 is 0 Å². The maximum atomic E-state index is 11.1. The molecule has 0 fully saturated rings. The zero-order valence-electron chi connectivity index (χ0n) is 16.3. The van der Waals surface area contributed by atoms with Crippen LogP contribution in [0.3, 0.4) is 0 Å². The number of nitro groups is 2. The van der Waals surface area contributed by atoms with Crippen molar-refractivity contribution in [1.29, 1.82) is 0 Å². The number of hydrogen-bond acceptors (Lipinski definition) is 5. The maximum Gasteiger partial charge on any atom is 0.246 e. The molecule has 0 heterocycles. The molecule has 0 amide bonds. The first-order chi connectivity index (χ1) is 13.0. The van der Waals surface area contributed by atoms with E-state index in [0.29, 0.717) is 19.3 Å². The number of carbonyl (C=O) groups is 1. The van der Waals surface area contributed by atoms with Crippen LogP contribution in [-0.4, -0.2) is 16.1 Å². The van der Waals surface area contributed by atoms with Crippen LogP contribution in [0.4, 0.5) is 0 Å². The van der Waals surface area contributed by atoms with Crippen molar-refractivity contribution >= 4 is 6.29 Å². The Morgan fingerprint density at radius 2 is 1.19 bits per heavy atom. The SMILES string of the molecule is CCCCC/C=C(/C/C=C/C/C(=C/CCCCCCC=O)[N+](=O)[O-])[N+](=O)[O-]. The van der Waals surface area contributed by atoms with Crippen molar-refractivity contribution < 1.29 is 14.6 Å². The molecule has 0 saturated heterocycles. The minimum atomic E-state index is -0.397. The molecule has 0 atom stereocenters. The van der Waals surface area contributed by atoms with E-state index < -0.39 is 4.92 Å². The summed E-state index contributed by atoms with van der Waals surface area (Å²) in [5.41, 5.74) is 0.262. The highest BCUT2D eigenvalue weighted by molar-refractivity contribution is 5.48. The molecule has 0 radical (unpaired) electrons. The number of allylic oxidation sites excluding steroid dienone is 4. The van der Waals surface area contributed by atoms with Crippen LogP contribution in [0.15, 0.2) is 35.7 Å². The lowest BCUT2D eigenvalue weighted by atomic mass is 10.1. The summed E-state index contributed by atoms with van der Waals surface area (Å²) in [6, 6.07) is 0. The summed E-state index contributed by atoms with van der Waals surface area (Å²) in [5.74, 6) is 0. The van der Waals surface area contributed by atoms with Crippen molar-refractivity contribution in [1.82, 2.24) is 0 Å². The lowest BCUT2D eigenvalue weighted by molar-refractivity contribution is -0.427. The van der Waals surface area contributed by atoms with Gasteiger partial charge in [0, 0.05) is 6.42 Å². The normalized spacial score (nSPS) is 12.5.